The Morgan fingerprint density at radius 1 is 1.36 bits per heavy atom. The standard InChI is InChI=1S/C23H23N9O/c1-25-23(33)19-10-17(3-7-26-19)31-9-5-15(12-31)20(2-6-24)32-13-16(11-30-32)21-18-4-8-27-22(18)29-14-28-21/h3-4,7-8,10-11,13-15,20H,2,5,9,12H2,1H3,(H,25,33)(H,27,28,29). The predicted octanol–water partition coefficient (Wildman–Crippen LogP) is 2.56. The van der Waals surface area contributed by atoms with Crippen LogP contribution < -0.4 is 10.2 Å². The first-order valence-corrected chi connectivity index (χ1v) is 10.8. The lowest BCUT2D eigenvalue weighted by Crippen LogP contribution is -2.25. The summed E-state index contributed by atoms with van der Waals surface area (Å²) in [7, 11) is 1.59. The molecule has 0 aromatic carbocycles. The van der Waals surface area contributed by atoms with Crippen molar-refractivity contribution >= 4 is 22.6 Å². The quantitative estimate of drug-likeness (QED) is 0.470. The first-order chi connectivity index (χ1) is 16.2. The van der Waals surface area contributed by atoms with Crippen LogP contribution in [0.1, 0.15) is 29.4 Å². The highest BCUT2D eigenvalue weighted by atomic mass is 16.1. The van der Waals surface area contributed by atoms with Gasteiger partial charge in [0, 0.05) is 61.3 Å². The van der Waals surface area contributed by atoms with E-state index in [1.807, 2.05) is 35.3 Å². The summed E-state index contributed by atoms with van der Waals surface area (Å²) in [5, 5.41) is 17.7. The SMILES string of the molecule is CNC(=O)c1cc(N2CCC(C(CC#N)n3cc(-c4ncnc5[nH]ccc45)cn3)C2)ccn1. The molecule has 10 heteroatoms. The van der Waals surface area contributed by atoms with Gasteiger partial charge in [-0.15, -0.1) is 0 Å². The molecule has 10 nitrogen and oxygen atoms in total. The molecule has 1 aliphatic rings. The predicted molar refractivity (Wildman–Crippen MR) is 122 cm³/mol. The summed E-state index contributed by atoms with van der Waals surface area (Å²) in [6.07, 6.45) is 10.1. The highest BCUT2D eigenvalue weighted by Crippen LogP contribution is 2.34. The van der Waals surface area contributed by atoms with E-state index in [2.05, 4.69) is 41.3 Å². The Hall–Kier alpha value is -4.26. The first kappa shape index (κ1) is 20.6. The maximum atomic E-state index is 12.0. The minimum absolute atomic E-state index is 0.0578. The molecule has 4 aromatic heterocycles. The van der Waals surface area contributed by atoms with Gasteiger partial charge < -0.3 is 15.2 Å². The van der Waals surface area contributed by atoms with E-state index in [-0.39, 0.29) is 17.9 Å². The number of anilines is 1. The van der Waals surface area contributed by atoms with Gasteiger partial charge in [-0.25, -0.2) is 9.97 Å². The van der Waals surface area contributed by atoms with Crippen LogP contribution in [-0.2, 0) is 0 Å². The van der Waals surface area contributed by atoms with E-state index >= 15 is 0 Å². The molecule has 166 valence electrons. The number of hydrogen-bond donors (Lipinski definition) is 2. The average Bonchev–Trinajstić information content (AvgIpc) is 3.62. The van der Waals surface area contributed by atoms with Crippen LogP contribution in [0, 0.1) is 17.2 Å². The van der Waals surface area contributed by atoms with Gasteiger partial charge in [-0.05, 0) is 24.6 Å². The highest BCUT2D eigenvalue weighted by molar-refractivity contribution is 5.93. The molecule has 5 rings (SSSR count). The third-order valence-electron chi connectivity index (χ3n) is 6.21. The van der Waals surface area contributed by atoms with Crippen molar-refractivity contribution in [3.05, 3.63) is 55.0 Å². The Labute approximate surface area is 190 Å². The van der Waals surface area contributed by atoms with E-state index in [9.17, 15) is 10.1 Å². The second-order valence-electron chi connectivity index (χ2n) is 8.07. The molecule has 2 atom stereocenters. The zero-order valence-corrected chi connectivity index (χ0v) is 18.1. The monoisotopic (exact) mass is 441 g/mol. The molecule has 1 saturated heterocycles. The zero-order valence-electron chi connectivity index (χ0n) is 18.1. The van der Waals surface area contributed by atoms with Crippen LogP contribution in [0.15, 0.2) is 49.3 Å². The Bertz CT molecular complexity index is 1330. The average molecular weight is 441 g/mol. The molecule has 1 amide bonds. The van der Waals surface area contributed by atoms with Crippen LogP contribution in [0.2, 0.25) is 0 Å². The van der Waals surface area contributed by atoms with Crippen LogP contribution in [-0.4, -0.2) is 55.8 Å². The van der Waals surface area contributed by atoms with Gasteiger partial charge in [0.25, 0.3) is 5.91 Å². The fourth-order valence-corrected chi connectivity index (χ4v) is 4.52. The van der Waals surface area contributed by atoms with Gasteiger partial charge in [-0.2, -0.15) is 10.4 Å². The third-order valence-corrected chi connectivity index (χ3v) is 6.21. The number of hydrogen-bond acceptors (Lipinski definition) is 7. The normalized spacial score (nSPS) is 16.6. The molecule has 1 aliphatic heterocycles. The van der Waals surface area contributed by atoms with Gasteiger partial charge >= 0.3 is 0 Å². The van der Waals surface area contributed by atoms with Gasteiger partial charge in [-0.3, -0.25) is 14.5 Å². The van der Waals surface area contributed by atoms with Gasteiger partial charge in [0.05, 0.1) is 30.4 Å². The molecule has 4 aromatic rings. The molecule has 0 saturated carbocycles. The number of H-pyrrole nitrogens is 1. The fraction of sp³-hybridized carbons (Fsp3) is 0.304. The van der Waals surface area contributed by atoms with E-state index in [1.54, 1.807) is 19.4 Å². The number of nitrogens with zero attached hydrogens (tertiary/aromatic N) is 7. The van der Waals surface area contributed by atoms with Gasteiger partial charge in [0.2, 0.25) is 0 Å². The molecule has 33 heavy (non-hydrogen) atoms. The molecule has 2 N–H and O–H groups in total. The lowest BCUT2D eigenvalue weighted by molar-refractivity contribution is 0.0958. The number of carbonyl (C=O) groups excluding carboxylic acids is 1. The molecule has 0 radical (unpaired) electrons. The summed E-state index contributed by atoms with van der Waals surface area (Å²) in [6, 6.07) is 7.95. The first-order valence-electron chi connectivity index (χ1n) is 10.8. The maximum Gasteiger partial charge on any atom is 0.269 e. The number of fused-ring (bicyclic) bond motifs is 1. The van der Waals surface area contributed by atoms with E-state index < -0.39 is 0 Å². The number of amides is 1. The Balaban J connectivity index is 1.38. The summed E-state index contributed by atoms with van der Waals surface area (Å²) in [6.45, 7) is 1.61. The molecular weight excluding hydrogens is 418 g/mol. The van der Waals surface area contributed by atoms with E-state index in [0.717, 1.165) is 47.5 Å². The van der Waals surface area contributed by atoms with Crippen LogP contribution in [0.4, 0.5) is 5.69 Å². The fourth-order valence-electron chi connectivity index (χ4n) is 4.52. The van der Waals surface area contributed by atoms with E-state index in [1.165, 1.54) is 6.33 Å². The molecule has 5 heterocycles. The van der Waals surface area contributed by atoms with E-state index in [0.29, 0.717) is 12.1 Å². The van der Waals surface area contributed by atoms with Crippen molar-refractivity contribution in [2.45, 2.75) is 18.9 Å². The number of aromatic amines is 1. The second-order valence-corrected chi connectivity index (χ2v) is 8.07. The number of nitrogens with one attached hydrogen (secondary N) is 2. The number of carbonyl (C=O) groups is 1. The number of aromatic nitrogens is 6. The molecule has 0 spiro atoms. The lowest BCUT2D eigenvalue weighted by atomic mass is 9.96. The van der Waals surface area contributed by atoms with Crippen molar-refractivity contribution in [1.29, 1.82) is 5.26 Å². The topological polar surface area (TPSA) is 128 Å². The Morgan fingerprint density at radius 2 is 2.27 bits per heavy atom. The van der Waals surface area contributed by atoms with E-state index in [4.69, 9.17) is 0 Å². The smallest absolute Gasteiger partial charge is 0.269 e. The van der Waals surface area contributed by atoms with Crippen LogP contribution >= 0.6 is 0 Å². The summed E-state index contributed by atoms with van der Waals surface area (Å²) >= 11 is 0. The minimum atomic E-state index is -0.208. The van der Waals surface area contributed by atoms with Gasteiger partial charge in [-0.1, -0.05) is 0 Å². The number of pyridine rings is 1. The third kappa shape index (κ3) is 3.89. The van der Waals surface area contributed by atoms with Gasteiger partial charge in [0.1, 0.15) is 17.7 Å². The second kappa shape index (κ2) is 8.70. The molecule has 0 bridgehead atoms. The minimum Gasteiger partial charge on any atom is -0.371 e. The number of nitriles is 1. The van der Waals surface area contributed by atoms with Crippen molar-refractivity contribution in [2.75, 3.05) is 25.0 Å². The zero-order chi connectivity index (χ0) is 22.8. The molecule has 2 unspecified atom stereocenters. The van der Waals surface area contributed by atoms with Crippen molar-refractivity contribution in [2.24, 2.45) is 5.92 Å². The molecular formula is C23H23N9O. The van der Waals surface area contributed by atoms with Crippen molar-refractivity contribution < 1.29 is 4.79 Å². The highest BCUT2D eigenvalue weighted by Gasteiger charge is 2.32. The Morgan fingerprint density at radius 3 is 3.12 bits per heavy atom. The van der Waals surface area contributed by atoms with Crippen molar-refractivity contribution in [3.63, 3.8) is 0 Å². The maximum absolute atomic E-state index is 12.0. The number of rotatable bonds is 6. The molecule has 1 fully saturated rings. The lowest BCUT2D eigenvalue weighted by Gasteiger charge is -2.23. The van der Waals surface area contributed by atoms with Crippen molar-refractivity contribution in [1.82, 2.24) is 35.0 Å². The van der Waals surface area contributed by atoms with Crippen LogP contribution in [0.3, 0.4) is 0 Å². The summed E-state index contributed by atoms with van der Waals surface area (Å²) in [5.74, 6) is 0.0342. The van der Waals surface area contributed by atoms with Crippen LogP contribution in [0.5, 0.6) is 0 Å². The van der Waals surface area contributed by atoms with Crippen molar-refractivity contribution in [3.8, 4) is 17.3 Å². The summed E-state index contributed by atoms with van der Waals surface area (Å²) in [5.41, 5.74) is 3.84. The summed E-state index contributed by atoms with van der Waals surface area (Å²) in [4.78, 5) is 30.1. The summed E-state index contributed by atoms with van der Waals surface area (Å²) < 4.78 is 1.90. The largest absolute Gasteiger partial charge is 0.371 e. The molecule has 0 aliphatic carbocycles. The van der Waals surface area contributed by atoms with Gasteiger partial charge in [0.15, 0.2) is 0 Å². The van der Waals surface area contributed by atoms with Crippen LogP contribution in [0.25, 0.3) is 22.3 Å². The Kier molecular flexibility index (Phi) is 5.44.